The molecule has 0 radical (unpaired) electrons. The molecule has 1 aromatic carbocycles. The summed E-state index contributed by atoms with van der Waals surface area (Å²) in [5.41, 5.74) is 2.99. The first kappa shape index (κ1) is 20.1. The van der Waals surface area contributed by atoms with Crippen molar-refractivity contribution >= 4 is 11.7 Å². The number of rotatable bonds is 6. The number of amides is 1. The molecule has 0 aliphatic carbocycles. The van der Waals surface area contributed by atoms with Gasteiger partial charge in [-0.1, -0.05) is 19.9 Å². The number of nitrogens with zero attached hydrogens (tertiary/aromatic N) is 4. The first-order chi connectivity index (χ1) is 14.5. The fourth-order valence-electron chi connectivity index (χ4n) is 3.81. The second-order valence-electron chi connectivity index (χ2n) is 7.89. The summed E-state index contributed by atoms with van der Waals surface area (Å²) in [7, 11) is 0. The number of halogens is 1. The normalized spacial score (nSPS) is 13.8. The van der Waals surface area contributed by atoms with Gasteiger partial charge in [-0.2, -0.15) is 5.10 Å². The van der Waals surface area contributed by atoms with Crippen molar-refractivity contribution < 1.29 is 9.18 Å². The molecule has 7 heteroatoms. The van der Waals surface area contributed by atoms with E-state index in [-0.39, 0.29) is 17.6 Å². The van der Waals surface area contributed by atoms with Crippen molar-refractivity contribution in [1.82, 2.24) is 20.1 Å². The van der Waals surface area contributed by atoms with Crippen LogP contribution in [0.5, 0.6) is 0 Å². The van der Waals surface area contributed by atoms with Gasteiger partial charge >= 0.3 is 0 Å². The first-order valence-corrected chi connectivity index (χ1v) is 10.3. The number of aromatic nitrogens is 3. The molecule has 0 atom stereocenters. The third-order valence-corrected chi connectivity index (χ3v) is 5.36. The van der Waals surface area contributed by atoms with E-state index in [9.17, 15) is 9.18 Å². The molecule has 0 spiro atoms. The van der Waals surface area contributed by atoms with Crippen LogP contribution in [0.2, 0.25) is 0 Å². The molecule has 2 aromatic heterocycles. The number of nitrogens with one attached hydrogen (secondary N) is 1. The minimum absolute atomic E-state index is 0.0692. The number of hydrogen-bond acceptors (Lipinski definition) is 4. The van der Waals surface area contributed by atoms with Gasteiger partial charge in [0.2, 0.25) is 0 Å². The summed E-state index contributed by atoms with van der Waals surface area (Å²) in [5.74, 6) is 0.569. The van der Waals surface area contributed by atoms with Gasteiger partial charge in [-0.15, -0.1) is 0 Å². The SMILES string of the molecule is CC(C)c1c(C(=O)NCc2ccc(N3CCCC3)nc2)cnn1-c1ccc(F)cc1. The van der Waals surface area contributed by atoms with Crippen LogP contribution >= 0.6 is 0 Å². The van der Waals surface area contributed by atoms with Crippen LogP contribution < -0.4 is 10.2 Å². The van der Waals surface area contributed by atoms with Crippen LogP contribution in [0.15, 0.2) is 48.8 Å². The van der Waals surface area contributed by atoms with Crippen molar-refractivity contribution in [2.45, 2.75) is 39.2 Å². The van der Waals surface area contributed by atoms with Gasteiger partial charge < -0.3 is 10.2 Å². The molecular weight excluding hydrogens is 381 g/mol. The Morgan fingerprint density at radius 1 is 1.10 bits per heavy atom. The molecule has 3 aromatic rings. The van der Waals surface area contributed by atoms with Crippen LogP contribution in [-0.2, 0) is 6.54 Å². The van der Waals surface area contributed by atoms with Gasteiger partial charge in [-0.3, -0.25) is 4.79 Å². The van der Waals surface area contributed by atoms with Gasteiger partial charge in [0.15, 0.2) is 0 Å². The Balaban J connectivity index is 1.47. The molecule has 1 fully saturated rings. The highest BCUT2D eigenvalue weighted by atomic mass is 19.1. The maximum Gasteiger partial charge on any atom is 0.255 e. The van der Waals surface area contributed by atoms with Crippen molar-refractivity contribution in [3.63, 3.8) is 0 Å². The summed E-state index contributed by atoms with van der Waals surface area (Å²) in [6.45, 7) is 6.52. The largest absolute Gasteiger partial charge is 0.357 e. The molecule has 1 aliphatic heterocycles. The van der Waals surface area contributed by atoms with Gasteiger partial charge in [0, 0.05) is 25.8 Å². The number of benzene rings is 1. The Labute approximate surface area is 175 Å². The van der Waals surface area contributed by atoms with E-state index in [1.54, 1.807) is 23.0 Å². The van der Waals surface area contributed by atoms with Crippen molar-refractivity contribution in [3.8, 4) is 5.69 Å². The minimum atomic E-state index is -0.306. The quantitative estimate of drug-likeness (QED) is 0.669. The minimum Gasteiger partial charge on any atom is -0.357 e. The van der Waals surface area contributed by atoms with Gasteiger partial charge in [0.1, 0.15) is 11.6 Å². The number of anilines is 1. The van der Waals surface area contributed by atoms with Crippen LogP contribution in [0.3, 0.4) is 0 Å². The van der Waals surface area contributed by atoms with E-state index >= 15 is 0 Å². The number of carbonyl (C=O) groups is 1. The molecule has 4 rings (SSSR count). The highest BCUT2D eigenvalue weighted by Gasteiger charge is 2.21. The summed E-state index contributed by atoms with van der Waals surface area (Å²) in [6, 6.07) is 10.1. The predicted octanol–water partition coefficient (Wildman–Crippen LogP) is 4.06. The topological polar surface area (TPSA) is 63.1 Å². The Kier molecular flexibility index (Phi) is 5.79. The molecular formula is C23H26FN5O. The average molecular weight is 407 g/mol. The molecule has 0 saturated carbocycles. The molecule has 1 N–H and O–H groups in total. The lowest BCUT2D eigenvalue weighted by molar-refractivity contribution is 0.0949. The molecule has 3 heterocycles. The molecule has 0 bridgehead atoms. The second kappa shape index (κ2) is 8.65. The smallest absolute Gasteiger partial charge is 0.255 e. The fourth-order valence-corrected chi connectivity index (χ4v) is 3.81. The fraction of sp³-hybridized carbons (Fsp3) is 0.348. The zero-order chi connectivity index (χ0) is 21.1. The van der Waals surface area contributed by atoms with Crippen LogP contribution in [0.1, 0.15) is 54.2 Å². The molecule has 30 heavy (non-hydrogen) atoms. The second-order valence-corrected chi connectivity index (χ2v) is 7.89. The standard InChI is InChI=1S/C23H26FN5O/c1-16(2)22-20(15-27-29(22)19-8-6-18(24)7-9-19)23(30)26-14-17-5-10-21(25-13-17)28-11-3-4-12-28/h5-10,13,15-16H,3-4,11-12,14H2,1-2H3,(H,26,30). The summed E-state index contributed by atoms with van der Waals surface area (Å²) >= 11 is 0. The summed E-state index contributed by atoms with van der Waals surface area (Å²) in [5, 5.41) is 7.35. The summed E-state index contributed by atoms with van der Waals surface area (Å²) < 4.78 is 15.0. The third-order valence-electron chi connectivity index (χ3n) is 5.36. The monoisotopic (exact) mass is 407 g/mol. The van der Waals surface area contributed by atoms with E-state index in [1.807, 2.05) is 32.2 Å². The highest BCUT2D eigenvalue weighted by molar-refractivity contribution is 5.95. The van der Waals surface area contributed by atoms with Crippen molar-refractivity contribution in [3.05, 3.63) is 71.4 Å². The lowest BCUT2D eigenvalue weighted by atomic mass is 10.0. The predicted molar refractivity (Wildman–Crippen MR) is 114 cm³/mol. The van der Waals surface area contributed by atoms with Crippen LogP contribution in [0, 0.1) is 5.82 Å². The van der Waals surface area contributed by atoms with E-state index in [1.165, 1.54) is 25.0 Å². The zero-order valence-corrected chi connectivity index (χ0v) is 17.3. The number of pyridine rings is 1. The van der Waals surface area contributed by atoms with Crippen molar-refractivity contribution in [1.29, 1.82) is 0 Å². The molecule has 1 amide bonds. The van der Waals surface area contributed by atoms with E-state index in [4.69, 9.17) is 0 Å². The van der Waals surface area contributed by atoms with E-state index in [0.717, 1.165) is 35.9 Å². The molecule has 1 aliphatic rings. The Morgan fingerprint density at radius 3 is 2.47 bits per heavy atom. The Hall–Kier alpha value is -3.22. The zero-order valence-electron chi connectivity index (χ0n) is 17.3. The van der Waals surface area contributed by atoms with Crippen molar-refractivity contribution in [2.75, 3.05) is 18.0 Å². The lowest BCUT2D eigenvalue weighted by Crippen LogP contribution is -2.24. The van der Waals surface area contributed by atoms with Crippen LogP contribution in [0.25, 0.3) is 5.69 Å². The van der Waals surface area contributed by atoms with Gasteiger partial charge in [0.05, 0.1) is 23.1 Å². The maximum atomic E-state index is 13.3. The molecule has 0 unspecified atom stereocenters. The number of hydrogen-bond donors (Lipinski definition) is 1. The van der Waals surface area contributed by atoms with Gasteiger partial charge in [0.25, 0.3) is 5.91 Å². The maximum absolute atomic E-state index is 13.3. The van der Waals surface area contributed by atoms with Crippen LogP contribution in [0.4, 0.5) is 10.2 Å². The third kappa shape index (κ3) is 4.20. The molecule has 6 nitrogen and oxygen atoms in total. The van der Waals surface area contributed by atoms with Gasteiger partial charge in [-0.25, -0.2) is 14.1 Å². The van der Waals surface area contributed by atoms with Crippen molar-refractivity contribution in [2.24, 2.45) is 0 Å². The average Bonchev–Trinajstić information content (AvgIpc) is 3.43. The Bertz CT molecular complexity index is 1010. The van der Waals surface area contributed by atoms with Gasteiger partial charge in [-0.05, 0) is 54.7 Å². The summed E-state index contributed by atoms with van der Waals surface area (Å²) in [6.07, 6.45) is 5.81. The molecule has 156 valence electrons. The highest BCUT2D eigenvalue weighted by Crippen LogP contribution is 2.23. The van der Waals surface area contributed by atoms with E-state index in [0.29, 0.717) is 12.1 Å². The Morgan fingerprint density at radius 2 is 1.83 bits per heavy atom. The first-order valence-electron chi connectivity index (χ1n) is 10.3. The van der Waals surface area contributed by atoms with Crippen LogP contribution in [-0.4, -0.2) is 33.8 Å². The number of carbonyl (C=O) groups excluding carboxylic acids is 1. The van der Waals surface area contributed by atoms with E-state index in [2.05, 4.69) is 20.3 Å². The molecule has 1 saturated heterocycles. The lowest BCUT2D eigenvalue weighted by Gasteiger charge is -2.16. The van der Waals surface area contributed by atoms with E-state index < -0.39 is 0 Å². The summed E-state index contributed by atoms with van der Waals surface area (Å²) in [4.78, 5) is 19.7.